The molecule has 2 atom stereocenters. The SMILES string of the molecule is COc1ccc(N2Cc3cc(Cl)cc(Cl)c3C2=O)cc1OCCN1C(C)CCCC1C.Cl. The van der Waals surface area contributed by atoms with E-state index in [2.05, 4.69) is 18.7 Å². The van der Waals surface area contributed by atoms with Crippen LogP contribution >= 0.6 is 35.6 Å². The number of benzene rings is 2. The quantitative estimate of drug-likeness (QED) is 0.473. The second-order valence-corrected chi connectivity index (χ2v) is 9.21. The fraction of sp³-hybridized carbons (Fsp3) is 0.458. The Bertz CT molecular complexity index is 975. The Balaban J connectivity index is 0.00000289. The zero-order valence-electron chi connectivity index (χ0n) is 18.6. The van der Waals surface area contributed by atoms with Crippen LogP contribution in [0.1, 0.15) is 49.0 Å². The molecule has 1 saturated heterocycles. The van der Waals surface area contributed by atoms with Gasteiger partial charge in [0.25, 0.3) is 5.91 Å². The van der Waals surface area contributed by atoms with Crippen LogP contribution in [0.15, 0.2) is 30.3 Å². The summed E-state index contributed by atoms with van der Waals surface area (Å²) in [4.78, 5) is 17.2. The third-order valence-corrected chi connectivity index (χ3v) is 6.88. The van der Waals surface area contributed by atoms with Crippen LogP contribution in [0, 0.1) is 0 Å². The van der Waals surface area contributed by atoms with Crippen molar-refractivity contribution in [2.24, 2.45) is 0 Å². The summed E-state index contributed by atoms with van der Waals surface area (Å²) in [6.07, 6.45) is 3.75. The second kappa shape index (κ2) is 10.5. The molecule has 0 aliphatic carbocycles. The normalized spacial score (nSPS) is 20.7. The Labute approximate surface area is 206 Å². The number of hydrogen-bond acceptors (Lipinski definition) is 4. The summed E-state index contributed by atoms with van der Waals surface area (Å²) in [7, 11) is 1.62. The minimum Gasteiger partial charge on any atom is -0.493 e. The maximum absolute atomic E-state index is 13.0. The first-order valence-corrected chi connectivity index (χ1v) is 11.5. The molecule has 0 N–H and O–H groups in total. The number of ether oxygens (including phenoxy) is 2. The first-order valence-electron chi connectivity index (χ1n) is 10.8. The zero-order valence-corrected chi connectivity index (χ0v) is 20.9. The highest BCUT2D eigenvalue weighted by Gasteiger charge is 2.32. The van der Waals surface area contributed by atoms with Crippen LogP contribution < -0.4 is 14.4 Å². The number of amides is 1. The van der Waals surface area contributed by atoms with Gasteiger partial charge in [-0.05, 0) is 56.5 Å². The van der Waals surface area contributed by atoms with Gasteiger partial charge in [0.15, 0.2) is 11.5 Å². The maximum Gasteiger partial charge on any atom is 0.260 e. The molecule has 0 saturated carbocycles. The summed E-state index contributed by atoms with van der Waals surface area (Å²) in [6.45, 7) is 6.40. The first kappa shape index (κ1) is 25.0. The number of likely N-dealkylation sites (tertiary alicyclic amines) is 1. The number of carbonyl (C=O) groups is 1. The van der Waals surface area contributed by atoms with E-state index in [0.717, 1.165) is 17.8 Å². The van der Waals surface area contributed by atoms with Crippen LogP contribution in [0.25, 0.3) is 0 Å². The Kier molecular flexibility index (Phi) is 8.21. The molecule has 2 aliphatic heterocycles. The molecule has 8 heteroatoms. The highest BCUT2D eigenvalue weighted by molar-refractivity contribution is 6.38. The van der Waals surface area contributed by atoms with Gasteiger partial charge in [-0.3, -0.25) is 9.69 Å². The molecule has 0 spiro atoms. The molecule has 0 bridgehead atoms. The average Bonchev–Trinajstić information content (AvgIpc) is 3.06. The smallest absolute Gasteiger partial charge is 0.260 e. The van der Waals surface area contributed by atoms with E-state index in [4.69, 9.17) is 32.7 Å². The summed E-state index contributed by atoms with van der Waals surface area (Å²) in [6, 6.07) is 10.1. The third kappa shape index (κ3) is 4.96. The second-order valence-electron chi connectivity index (χ2n) is 8.36. The molecule has 1 amide bonds. The van der Waals surface area contributed by atoms with Crippen molar-refractivity contribution in [3.8, 4) is 11.5 Å². The minimum absolute atomic E-state index is 0. The highest BCUT2D eigenvalue weighted by Crippen LogP contribution is 2.38. The van der Waals surface area contributed by atoms with Gasteiger partial charge in [-0.15, -0.1) is 12.4 Å². The Hall–Kier alpha value is -1.66. The van der Waals surface area contributed by atoms with E-state index in [-0.39, 0.29) is 18.3 Å². The van der Waals surface area contributed by atoms with Crippen molar-refractivity contribution in [1.29, 1.82) is 0 Å². The number of methoxy groups -OCH3 is 1. The van der Waals surface area contributed by atoms with Crippen molar-refractivity contribution < 1.29 is 14.3 Å². The molecule has 0 aromatic heterocycles. The Morgan fingerprint density at radius 2 is 1.78 bits per heavy atom. The van der Waals surface area contributed by atoms with E-state index in [9.17, 15) is 4.79 Å². The predicted molar refractivity (Wildman–Crippen MR) is 132 cm³/mol. The number of nitrogens with zero attached hydrogens (tertiary/aromatic N) is 2. The van der Waals surface area contributed by atoms with Gasteiger partial charge in [-0.1, -0.05) is 29.6 Å². The summed E-state index contributed by atoms with van der Waals surface area (Å²) >= 11 is 12.4. The molecule has 2 unspecified atom stereocenters. The number of piperidine rings is 1. The number of carbonyl (C=O) groups excluding carboxylic acids is 1. The summed E-state index contributed by atoms with van der Waals surface area (Å²) in [5.74, 6) is 1.14. The summed E-state index contributed by atoms with van der Waals surface area (Å²) in [5.41, 5.74) is 2.08. The van der Waals surface area contributed by atoms with Crippen molar-refractivity contribution >= 4 is 47.2 Å². The monoisotopic (exact) mass is 498 g/mol. The Morgan fingerprint density at radius 1 is 1.06 bits per heavy atom. The molecule has 5 nitrogen and oxygen atoms in total. The van der Waals surface area contributed by atoms with Crippen LogP contribution in [0.5, 0.6) is 11.5 Å². The van der Waals surface area contributed by atoms with Gasteiger partial charge in [0.1, 0.15) is 6.61 Å². The molecule has 2 aromatic carbocycles. The van der Waals surface area contributed by atoms with Crippen molar-refractivity contribution in [3.63, 3.8) is 0 Å². The van der Waals surface area contributed by atoms with Gasteiger partial charge in [-0.25, -0.2) is 0 Å². The highest BCUT2D eigenvalue weighted by atomic mass is 35.5. The maximum atomic E-state index is 13.0. The van der Waals surface area contributed by atoms with E-state index in [1.54, 1.807) is 24.1 Å². The van der Waals surface area contributed by atoms with Gasteiger partial charge in [-0.2, -0.15) is 0 Å². The van der Waals surface area contributed by atoms with E-state index in [0.29, 0.717) is 52.3 Å². The van der Waals surface area contributed by atoms with Crippen molar-refractivity contribution in [2.45, 2.75) is 51.7 Å². The molecule has 2 aliphatic rings. The van der Waals surface area contributed by atoms with Crippen LogP contribution in [0.3, 0.4) is 0 Å². The molecule has 0 radical (unpaired) electrons. The lowest BCUT2D eigenvalue weighted by Gasteiger charge is -2.38. The summed E-state index contributed by atoms with van der Waals surface area (Å²) < 4.78 is 11.6. The predicted octanol–water partition coefficient (Wildman–Crippen LogP) is 6.23. The van der Waals surface area contributed by atoms with Crippen molar-refractivity contribution in [2.75, 3.05) is 25.2 Å². The first-order chi connectivity index (χ1) is 14.9. The largest absolute Gasteiger partial charge is 0.493 e. The van der Waals surface area contributed by atoms with E-state index in [1.165, 1.54) is 19.3 Å². The molecular weight excluding hydrogens is 471 g/mol. The molecule has 1 fully saturated rings. The van der Waals surface area contributed by atoms with Crippen LogP contribution in [0.2, 0.25) is 10.0 Å². The van der Waals surface area contributed by atoms with Crippen LogP contribution in [0.4, 0.5) is 5.69 Å². The van der Waals surface area contributed by atoms with Gasteiger partial charge < -0.3 is 14.4 Å². The Morgan fingerprint density at radius 3 is 2.47 bits per heavy atom. The topological polar surface area (TPSA) is 42.0 Å². The van der Waals surface area contributed by atoms with Gasteiger partial charge >= 0.3 is 0 Å². The lowest BCUT2D eigenvalue weighted by molar-refractivity contribution is 0.0845. The van der Waals surface area contributed by atoms with E-state index in [1.807, 2.05) is 18.2 Å². The van der Waals surface area contributed by atoms with Crippen molar-refractivity contribution in [3.05, 3.63) is 51.5 Å². The number of anilines is 1. The van der Waals surface area contributed by atoms with Gasteiger partial charge in [0.05, 0.1) is 24.2 Å². The fourth-order valence-electron chi connectivity index (χ4n) is 4.70. The van der Waals surface area contributed by atoms with Crippen LogP contribution in [-0.2, 0) is 6.54 Å². The number of halogens is 3. The lowest BCUT2D eigenvalue weighted by Crippen LogP contribution is -2.45. The summed E-state index contributed by atoms with van der Waals surface area (Å²) in [5, 5.41) is 0.906. The zero-order chi connectivity index (χ0) is 22.1. The van der Waals surface area contributed by atoms with Gasteiger partial charge in [0.2, 0.25) is 0 Å². The molecule has 2 heterocycles. The standard InChI is InChI=1S/C24H28Cl2N2O3.ClH/c1-15-5-4-6-16(2)27(15)9-10-31-22-13-19(7-8-21(22)30-3)28-14-17-11-18(25)12-20(26)23(17)24(28)29;/h7-8,11-13,15-16H,4-6,9-10,14H2,1-3H3;1H. The molecule has 2 aromatic rings. The van der Waals surface area contributed by atoms with E-state index >= 15 is 0 Å². The lowest BCUT2D eigenvalue weighted by atomic mass is 9.98. The molecule has 4 rings (SSSR count). The van der Waals surface area contributed by atoms with Crippen LogP contribution in [-0.4, -0.2) is 43.2 Å². The minimum atomic E-state index is -0.135. The number of rotatable bonds is 6. The van der Waals surface area contributed by atoms with Crippen molar-refractivity contribution in [1.82, 2.24) is 4.90 Å². The number of fused-ring (bicyclic) bond motifs is 1. The van der Waals surface area contributed by atoms with E-state index < -0.39 is 0 Å². The molecular formula is C24H29Cl3N2O3. The molecule has 174 valence electrons. The fourth-order valence-corrected chi connectivity index (χ4v) is 5.32. The van der Waals surface area contributed by atoms with Gasteiger partial charge in [0, 0.05) is 35.4 Å². The third-order valence-electron chi connectivity index (χ3n) is 6.37. The molecule has 32 heavy (non-hydrogen) atoms. The number of hydrogen-bond donors (Lipinski definition) is 0. The average molecular weight is 500 g/mol.